The fourth-order valence-electron chi connectivity index (χ4n) is 2.92. The zero-order valence-corrected chi connectivity index (χ0v) is 12.9. The number of carbonyl (C=O) groups excluding carboxylic acids is 2. The van der Waals surface area contributed by atoms with Crippen molar-refractivity contribution < 1.29 is 14.3 Å². The molecule has 1 saturated carbocycles. The van der Waals surface area contributed by atoms with E-state index >= 15 is 0 Å². The minimum atomic E-state index is -0.849. The molecule has 5 nitrogen and oxygen atoms in total. The lowest BCUT2D eigenvalue weighted by Crippen LogP contribution is -2.47. The van der Waals surface area contributed by atoms with Crippen LogP contribution < -0.4 is 5.32 Å². The first-order valence-corrected chi connectivity index (χ1v) is 7.94. The van der Waals surface area contributed by atoms with E-state index in [1.807, 2.05) is 24.3 Å². The van der Waals surface area contributed by atoms with Gasteiger partial charge in [0.15, 0.2) is 0 Å². The SMILES string of the molecule is CCc1ccccc1NC(=O)C1(C(=O)N2CCOCC2)CC1. The number of carbonyl (C=O) groups is 2. The third-order valence-corrected chi connectivity index (χ3v) is 4.54. The molecular weight excluding hydrogens is 280 g/mol. The summed E-state index contributed by atoms with van der Waals surface area (Å²) < 4.78 is 5.27. The summed E-state index contributed by atoms with van der Waals surface area (Å²) in [6.07, 6.45) is 2.13. The van der Waals surface area contributed by atoms with Gasteiger partial charge in [-0.2, -0.15) is 0 Å². The van der Waals surface area contributed by atoms with E-state index < -0.39 is 5.41 Å². The number of rotatable bonds is 4. The molecule has 1 aliphatic heterocycles. The Bertz CT molecular complexity index is 575. The molecule has 118 valence electrons. The first-order valence-electron chi connectivity index (χ1n) is 7.94. The number of ether oxygens (including phenoxy) is 1. The normalized spacial score (nSPS) is 19.6. The minimum Gasteiger partial charge on any atom is -0.378 e. The maximum Gasteiger partial charge on any atom is 0.240 e. The van der Waals surface area contributed by atoms with E-state index in [4.69, 9.17) is 4.74 Å². The number of amides is 2. The Kier molecular flexibility index (Phi) is 4.16. The topological polar surface area (TPSA) is 58.6 Å². The number of nitrogens with zero attached hydrogens (tertiary/aromatic N) is 1. The molecule has 1 aromatic rings. The summed E-state index contributed by atoms with van der Waals surface area (Å²) in [6.45, 7) is 4.33. The maximum atomic E-state index is 12.7. The number of hydrogen-bond donors (Lipinski definition) is 1. The molecule has 0 spiro atoms. The number of hydrogen-bond acceptors (Lipinski definition) is 3. The highest BCUT2D eigenvalue weighted by Gasteiger charge is 2.58. The Morgan fingerprint density at radius 3 is 2.55 bits per heavy atom. The van der Waals surface area contributed by atoms with Crippen LogP contribution >= 0.6 is 0 Å². The Hall–Kier alpha value is -1.88. The molecular formula is C17H22N2O3. The van der Waals surface area contributed by atoms with Gasteiger partial charge in [-0.3, -0.25) is 9.59 Å². The first-order chi connectivity index (χ1) is 10.7. The highest BCUT2D eigenvalue weighted by molar-refractivity contribution is 6.13. The average molecular weight is 302 g/mol. The van der Waals surface area contributed by atoms with Gasteiger partial charge < -0.3 is 15.0 Å². The predicted molar refractivity (Wildman–Crippen MR) is 83.5 cm³/mol. The second-order valence-corrected chi connectivity index (χ2v) is 5.95. The second-order valence-electron chi connectivity index (χ2n) is 5.95. The second kappa shape index (κ2) is 6.08. The number of morpholine rings is 1. The summed E-state index contributed by atoms with van der Waals surface area (Å²) in [7, 11) is 0. The van der Waals surface area contributed by atoms with Crippen LogP contribution in [-0.4, -0.2) is 43.0 Å². The fourth-order valence-corrected chi connectivity index (χ4v) is 2.92. The summed E-state index contributed by atoms with van der Waals surface area (Å²) >= 11 is 0. The minimum absolute atomic E-state index is 0.0396. The Morgan fingerprint density at radius 1 is 1.23 bits per heavy atom. The number of benzene rings is 1. The number of anilines is 1. The van der Waals surface area contributed by atoms with E-state index in [0.29, 0.717) is 39.1 Å². The van der Waals surface area contributed by atoms with Gasteiger partial charge in [-0.25, -0.2) is 0 Å². The van der Waals surface area contributed by atoms with Gasteiger partial charge in [-0.15, -0.1) is 0 Å². The molecule has 0 atom stereocenters. The van der Waals surface area contributed by atoms with Crippen molar-refractivity contribution in [2.75, 3.05) is 31.6 Å². The summed E-state index contributed by atoms with van der Waals surface area (Å²) in [6, 6.07) is 7.75. The molecule has 1 aromatic carbocycles. The molecule has 1 heterocycles. The summed E-state index contributed by atoms with van der Waals surface area (Å²) in [5, 5.41) is 2.97. The number of para-hydroxylation sites is 1. The van der Waals surface area contributed by atoms with Crippen LogP contribution in [0, 0.1) is 5.41 Å². The molecule has 22 heavy (non-hydrogen) atoms. The van der Waals surface area contributed by atoms with Gasteiger partial charge in [0.05, 0.1) is 13.2 Å². The zero-order chi connectivity index (χ0) is 15.6. The lowest BCUT2D eigenvalue weighted by Gasteiger charge is -2.30. The quantitative estimate of drug-likeness (QED) is 0.863. The molecule has 0 bridgehead atoms. The van der Waals surface area contributed by atoms with Gasteiger partial charge in [-0.1, -0.05) is 25.1 Å². The van der Waals surface area contributed by atoms with Gasteiger partial charge in [0.25, 0.3) is 0 Å². The molecule has 2 fully saturated rings. The van der Waals surface area contributed by atoms with E-state index in [0.717, 1.165) is 17.7 Å². The summed E-state index contributed by atoms with van der Waals surface area (Å²) in [5.41, 5.74) is 1.06. The Morgan fingerprint density at radius 2 is 1.91 bits per heavy atom. The molecule has 3 rings (SSSR count). The van der Waals surface area contributed by atoms with Crippen molar-refractivity contribution in [1.29, 1.82) is 0 Å². The van der Waals surface area contributed by atoms with Crippen molar-refractivity contribution in [2.45, 2.75) is 26.2 Å². The van der Waals surface area contributed by atoms with Gasteiger partial charge in [-0.05, 0) is 30.9 Å². The molecule has 0 radical (unpaired) electrons. The summed E-state index contributed by atoms with van der Waals surface area (Å²) in [5.74, 6) is -0.202. The predicted octanol–water partition coefficient (Wildman–Crippen LogP) is 1.83. The Labute approximate surface area is 130 Å². The van der Waals surface area contributed by atoms with Gasteiger partial charge in [0.2, 0.25) is 11.8 Å². The van der Waals surface area contributed by atoms with Gasteiger partial charge >= 0.3 is 0 Å². The summed E-state index contributed by atoms with van der Waals surface area (Å²) in [4.78, 5) is 27.1. The number of aryl methyl sites for hydroxylation is 1. The first kappa shape index (κ1) is 15.0. The van der Waals surface area contributed by atoms with E-state index in [2.05, 4.69) is 12.2 Å². The van der Waals surface area contributed by atoms with E-state index in [-0.39, 0.29) is 11.8 Å². The highest BCUT2D eigenvalue weighted by Crippen LogP contribution is 2.48. The van der Waals surface area contributed by atoms with Crippen molar-refractivity contribution in [1.82, 2.24) is 4.90 Å². The molecule has 0 unspecified atom stereocenters. The van der Waals surface area contributed by atoms with Crippen LogP contribution in [0.5, 0.6) is 0 Å². The van der Waals surface area contributed by atoms with E-state index in [9.17, 15) is 9.59 Å². The third kappa shape index (κ3) is 2.73. The lowest BCUT2D eigenvalue weighted by molar-refractivity contribution is -0.145. The van der Waals surface area contributed by atoms with Crippen LogP contribution in [-0.2, 0) is 20.7 Å². The van der Waals surface area contributed by atoms with Crippen LogP contribution in [0.25, 0.3) is 0 Å². The van der Waals surface area contributed by atoms with Crippen LogP contribution in [0.15, 0.2) is 24.3 Å². The highest BCUT2D eigenvalue weighted by atomic mass is 16.5. The fraction of sp³-hybridized carbons (Fsp3) is 0.529. The van der Waals surface area contributed by atoms with Gasteiger partial charge in [0, 0.05) is 18.8 Å². The van der Waals surface area contributed by atoms with E-state index in [1.165, 1.54) is 0 Å². The molecule has 1 saturated heterocycles. The zero-order valence-electron chi connectivity index (χ0n) is 12.9. The van der Waals surface area contributed by atoms with Crippen molar-refractivity contribution in [3.63, 3.8) is 0 Å². The standard InChI is InChI=1S/C17H22N2O3/c1-2-13-5-3-4-6-14(13)18-15(20)17(7-8-17)16(21)19-9-11-22-12-10-19/h3-6H,2,7-12H2,1H3,(H,18,20). The maximum absolute atomic E-state index is 12.7. The van der Waals surface area contributed by atoms with Crippen molar-refractivity contribution in [3.8, 4) is 0 Å². The molecule has 1 N–H and O–H groups in total. The van der Waals surface area contributed by atoms with E-state index in [1.54, 1.807) is 4.90 Å². The van der Waals surface area contributed by atoms with Crippen molar-refractivity contribution in [3.05, 3.63) is 29.8 Å². The molecule has 5 heteroatoms. The monoisotopic (exact) mass is 302 g/mol. The third-order valence-electron chi connectivity index (χ3n) is 4.54. The van der Waals surface area contributed by atoms with Crippen molar-refractivity contribution >= 4 is 17.5 Å². The Balaban J connectivity index is 1.72. The van der Waals surface area contributed by atoms with Crippen LogP contribution in [0.1, 0.15) is 25.3 Å². The van der Waals surface area contributed by atoms with Gasteiger partial charge in [0.1, 0.15) is 5.41 Å². The van der Waals surface area contributed by atoms with Crippen molar-refractivity contribution in [2.24, 2.45) is 5.41 Å². The molecule has 1 aliphatic carbocycles. The molecule has 2 aliphatic rings. The molecule has 0 aromatic heterocycles. The largest absolute Gasteiger partial charge is 0.378 e. The average Bonchev–Trinajstić information content (AvgIpc) is 3.37. The number of nitrogens with one attached hydrogen (secondary N) is 1. The lowest BCUT2D eigenvalue weighted by atomic mass is 10.0. The molecule has 2 amide bonds. The smallest absolute Gasteiger partial charge is 0.240 e. The van der Waals surface area contributed by atoms with Crippen LogP contribution in [0.3, 0.4) is 0 Å². The van der Waals surface area contributed by atoms with Crippen LogP contribution in [0.2, 0.25) is 0 Å². The van der Waals surface area contributed by atoms with Crippen LogP contribution in [0.4, 0.5) is 5.69 Å².